The van der Waals surface area contributed by atoms with Crippen molar-refractivity contribution in [3.63, 3.8) is 0 Å². The standard InChI is InChI=1S/C48H35N3/c1-48(2)43-17-8-7-15-40(43)41-25-23-35(29-44(41)48)34-22-24-39-36(26-34)14-9-16-42(39)47-50-45(37-20-18-30-10-3-5-12-32(30)27-37)49-46(51-47)38-21-19-31-11-4-6-13-33(31)28-38/h3-18,20,22-29H,19,21H2,1-2H3. The quantitative estimate of drug-likeness (QED) is 0.190. The Kier molecular flexibility index (Phi) is 6.66. The molecule has 51 heavy (non-hydrogen) atoms. The van der Waals surface area contributed by atoms with Gasteiger partial charge >= 0.3 is 0 Å². The van der Waals surface area contributed by atoms with E-state index in [0.29, 0.717) is 11.6 Å². The van der Waals surface area contributed by atoms with Crippen LogP contribution in [0.1, 0.15) is 48.3 Å². The molecule has 0 spiro atoms. The van der Waals surface area contributed by atoms with Gasteiger partial charge in [-0.15, -0.1) is 0 Å². The highest BCUT2D eigenvalue weighted by molar-refractivity contribution is 5.98. The lowest BCUT2D eigenvalue weighted by Gasteiger charge is -2.22. The summed E-state index contributed by atoms with van der Waals surface area (Å²) in [7, 11) is 0. The summed E-state index contributed by atoms with van der Waals surface area (Å²) in [6, 6.07) is 52.6. The number of hydrogen-bond donors (Lipinski definition) is 0. The van der Waals surface area contributed by atoms with E-state index in [-0.39, 0.29) is 5.41 Å². The Hall–Kier alpha value is -6.19. The van der Waals surface area contributed by atoms with Gasteiger partial charge < -0.3 is 0 Å². The second kappa shape index (κ2) is 11.4. The lowest BCUT2D eigenvalue weighted by molar-refractivity contribution is 0.660. The molecule has 8 aromatic rings. The minimum atomic E-state index is -0.0407. The number of nitrogens with zero attached hydrogens (tertiary/aromatic N) is 3. The molecule has 0 atom stereocenters. The average molecular weight is 654 g/mol. The minimum Gasteiger partial charge on any atom is -0.209 e. The van der Waals surface area contributed by atoms with Crippen molar-refractivity contribution in [1.29, 1.82) is 0 Å². The maximum atomic E-state index is 5.20. The van der Waals surface area contributed by atoms with Gasteiger partial charge in [0, 0.05) is 16.5 Å². The molecule has 0 aliphatic heterocycles. The van der Waals surface area contributed by atoms with Crippen LogP contribution < -0.4 is 0 Å². The number of hydrogen-bond acceptors (Lipinski definition) is 3. The van der Waals surface area contributed by atoms with Gasteiger partial charge in [-0.05, 0) is 109 Å². The lowest BCUT2D eigenvalue weighted by atomic mass is 9.81. The first kappa shape index (κ1) is 29.7. The van der Waals surface area contributed by atoms with Gasteiger partial charge in [0.05, 0.1) is 0 Å². The predicted octanol–water partition coefficient (Wildman–Crippen LogP) is 12.0. The Morgan fingerprint density at radius 1 is 0.451 bits per heavy atom. The van der Waals surface area contributed by atoms with Crippen LogP contribution in [0.25, 0.3) is 78.2 Å². The molecule has 0 radical (unpaired) electrons. The van der Waals surface area contributed by atoms with Crippen LogP contribution in [0.3, 0.4) is 0 Å². The first-order chi connectivity index (χ1) is 25.0. The second-order valence-electron chi connectivity index (χ2n) is 14.4. The molecule has 0 N–H and O–H groups in total. The third-order valence-corrected chi connectivity index (χ3v) is 11.0. The lowest BCUT2D eigenvalue weighted by Crippen LogP contribution is -2.14. The van der Waals surface area contributed by atoms with Gasteiger partial charge in [0.2, 0.25) is 0 Å². The van der Waals surface area contributed by atoms with Crippen molar-refractivity contribution in [3.8, 4) is 45.0 Å². The van der Waals surface area contributed by atoms with E-state index in [1.165, 1.54) is 55.3 Å². The summed E-state index contributed by atoms with van der Waals surface area (Å²) in [5, 5.41) is 4.65. The van der Waals surface area contributed by atoms with Crippen LogP contribution in [0, 0.1) is 0 Å². The Balaban J connectivity index is 1.10. The molecule has 10 rings (SSSR count). The Morgan fingerprint density at radius 3 is 2.06 bits per heavy atom. The molecule has 0 unspecified atom stereocenters. The summed E-state index contributed by atoms with van der Waals surface area (Å²) >= 11 is 0. The fourth-order valence-corrected chi connectivity index (χ4v) is 8.25. The van der Waals surface area contributed by atoms with Crippen molar-refractivity contribution >= 4 is 33.2 Å². The maximum absolute atomic E-state index is 5.20. The van der Waals surface area contributed by atoms with E-state index < -0.39 is 0 Å². The van der Waals surface area contributed by atoms with E-state index in [4.69, 9.17) is 15.0 Å². The van der Waals surface area contributed by atoms with Crippen molar-refractivity contribution < 1.29 is 0 Å². The zero-order chi connectivity index (χ0) is 34.1. The van der Waals surface area contributed by atoms with Crippen LogP contribution in [0.5, 0.6) is 0 Å². The predicted molar refractivity (Wildman–Crippen MR) is 211 cm³/mol. The van der Waals surface area contributed by atoms with Gasteiger partial charge in [0.1, 0.15) is 0 Å². The Bertz CT molecular complexity index is 2730. The summed E-state index contributed by atoms with van der Waals surface area (Å²) in [5.74, 6) is 2.13. The molecule has 0 saturated heterocycles. The van der Waals surface area contributed by atoms with Crippen LogP contribution >= 0.6 is 0 Å². The van der Waals surface area contributed by atoms with Crippen LogP contribution in [-0.2, 0) is 11.8 Å². The van der Waals surface area contributed by atoms with Gasteiger partial charge in [-0.1, -0.05) is 141 Å². The topological polar surface area (TPSA) is 38.7 Å². The summed E-state index contributed by atoms with van der Waals surface area (Å²) < 4.78 is 0. The zero-order valence-corrected chi connectivity index (χ0v) is 28.7. The van der Waals surface area contributed by atoms with Crippen molar-refractivity contribution in [3.05, 3.63) is 174 Å². The molecular formula is C48H35N3. The van der Waals surface area contributed by atoms with Gasteiger partial charge in [0.25, 0.3) is 0 Å². The molecule has 2 aliphatic rings. The molecule has 242 valence electrons. The van der Waals surface area contributed by atoms with E-state index in [1.54, 1.807) is 0 Å². The normalized spacial score (nSPS) is 14.2. The van der Waals surface area contributed by atoms with Crippen LogP contribution in [-0.4, -0.2) is 15.0 Å². The third kappa shape index (κ3) is 4.92. The SMILES string of the molecule is CC1(C)c2ccccc2-c2ccc(-c3ccc4c(-c5nc(C6=Cc7ccccc7CC6)nc(-c6ccc7ccccc7c6)n5)cccc4c3)cc21. The molecule has 0 saturated carbocycles. The molecule has 0 fully saturated rings. The number of aryl methyl sites for hydroxylation is 1. The van der Waals surface area contributed by atoms with Crippen LogP contribution in [0.4, 0.5) is 0 Å². The van der Waals surface area contributed by atoms with Crippen LogP contribution in [0.15, 0.2) is 146 Å². The molecule has 0 amide bonds. The van der Waals surface area contributed by atoms with E-state index in [1.807, 2.05) is 0 Å². The van der Waals surface area contributed by atoms with E-state index >= 15 is 0 Å². The highest BCUT2D eigenvalue weighted by Gasteiger charge is 2.35. The molecule has 3 heteroatoms. The highest BCUT2D eigenvalue weighted by atomic mass is 15.0. The fourth-order valence-electron chi connectivity index (χ4n) is 8.25. The first-order valence-corrected chi connectivity index (χ1v) is 17.8. The molecule has 7 aromatic carbocycles. The zero-order valence-electron chi connectivity index (χ0n) is 28.7. The van der Waals surface area contributed by atoms with Crippen molar-refractivity contribution in [1.82, 2.24) is 15.0 Å². The monoisotopic (exact) mass is 653 g/mol. The molecule has 1 aromatic heterocycles. The van der Waals surface area contributed by atoms with Gasteiger partial charge in [-0.3, -0.25) is 0 Å². The molecular weight excluding hydrogens is 619 g/mol. The number of allylic oxidation sites excluding steroid dienone is 1. The first-order valence-electron chi connectivity index (χ1n) is 17.8. The van der Waals surface area contributed by atoms with Gasteiger partial charge in [-0.25, -0.2) is 15.0 Å². The smallest absolute Gasteiger partial charge is 0.164 e. The number of fused-ring (bicyclic) bond motifs is 6. The largest absolute Gasteiger partial charge is 0.209 e. The highest BCUT2D eigenvalue weighted by Crippen LogP contribution is 2.49. The van der Waals surface area contributed by atoms with Crippen molar-refractivity contribution in [2.75, 3.05) is 0 Å². The Morgan fingerprint density at radius 2 is 1.12 bits per heavy atom. The molecule has 2 aliphatic carbocycles. The number of rotatable bonds is 4. The molecule has 0 bridgehead atoms. The van der Waals surface area contributed by atoms with E-state index in [9.17, 15) is 0 Å². The average Bonchev–Trinajstić information content (AvgIpc) is 3.42. The minimum absolute atomic E-state index is 0.0407. The molecule has 3 nitrogen and oxygen atoms in total. The third-order valence-electron chi connectivity index (χ3n) is 11.0. The van der Waals surface area contributed by atoms with E-state index in [2.05, 4.69) is 166 Å². The second-order valence-corrected chi connectivity index (χ2v) is 14.4. The summed E-state index contributed by atoms with van der Waals surface area (Å²) in [6.07, 6.45) is 4.12. The van der Waals surface area contributed by atoms with Crippen LogP contribution in [0.2, 0.25) is 0 Å². The fraction of sp³-hybridized carbons (Fsp3) is 0.104. The van der Waals surface area contributed by atoms with E-state index in [0.717, 1.165) is 46.1 Å². The maximum Gasteiger partial charge on any atom is 0.164 e. The summed E-state index contributed by atoms with van der Waals surface area (Å²) in [5.41, 5.74) is 13.6. The van der Waals surface area contributed by atoms with Crippen molar-refractivity contribution in [2.24, 2.45) is 0 Å². The Labute approximate surface area is 298 Å². The summed E-state index contributed by atoms with van der Waals surface area (Å²) in [4.78, 5) is 15.5. The number of aromatic nitrogens is 3. The van der Waals surface area contributed by atoms with Gasteiger partial charge in [0.15, 0.2) is 17.5 Å². The molecule has 1 heterocycles. The van der Waals surface area contributed by atoms with Crippen molar-refractivity contribution in [2.45, 2.75) is 32.1 Å². The van der Waals surface area contributed by atoms with Gasteiger partial charge in [-0.2, -0.15) is 0 Å². The summed E-state index contributed by atoms with van der Waals surface area (Å²) in [6.45, 7) is 4.68. The number of benzene rings is 7.